The van der Waals surface area contributed by atoms with E-state index in [0.717, 1.165) is 49.9 Å². The van der Waals surface area contributed by atoms with Crippen LogP contribution in [0.2, 0.25) is 0 Å². The van der Waals surface area contributed by atoms with Gasteiger partial charge in [-0.25, -0.2) is 0 Å². The highest BCUT2D eigenvalue weighted by molar-refractivity contribution is 6.12. The largest absolute Gasteiger partial charge is 0.496 e. The van der Waals surface area contributed by atoms with Crippen molar-refractivity contribution in [1.82, 2.24) is 29.2 Å². The van der Waals surface area contributed by atoms with Crippen molar-refractivity contribution in [3.05, 3.63) is 53.2 Å². The third-order valence-electron chi connectivity index (χ3n) is 8.90. The molecule has 1 fully saturated rings. The van der Waals surface area contributed by atoms with E-state index in [-0.39, 0.29) is 35.6 Å². The van der Waals surface area contributed by atoms with Crippen LogP contribution in [0.25, 0.3) is 11.0 Å². The molecule has 3 amide bonds. The fourth-order valence-corrected chi connectivity index (χ4v) is 6.26. The first-order valence-electron chi connectivity index (χ1n) is 16.6. The van der Waals surface area contributed by atoms with Crippen molar-refractivity contribution in [3.63, 3.8) is 0 Å². The predicted molar refractivity (Wildman–Crippen MR) is 180 cm³/mol. The predicted octanol–water partition coefficient (Wildman–Crippen LogP) is 3.64. The first-order valence-corrected chi connectivity index (χ1v) is 16.6. The summed E-state index contributed by atoms with van der Waals surface area (Å²) >= 11 is 0. The molecule has 5 rings (SSSR count). The molecule has 2 aromatic heterocycles. The summed E-state index contributed by atoms with van der Waals surface area (Å²) in [6, 6.07) is 10.3. The third kappa shape index (κ3) is 7.94. The number of nitriles is 1. The first-order chi connectivity index (χ1) is 23.2. The number of piperazine rings is 1. The maximum Gasteiger partial charge on any atom is 0.320 e. The summed E-state index contributed by atoms with van der Waals surface area (Å²) in [5.74, 6) is 0.588. The Morgan fingerprint density at radius 2 is 1.85 bits per heavy atom. The first kappa shape index (κ1) is 34.4. The number of carbonyl (C=O) groups is 3. The van der Waals surface area contributed by atoms with Crippen molar-refractivity contribution in [3.8, 4) is 17.8 Å². The Morgan fingerprint density at radius 3 is 2.56 bits per heavy atom. The highest BCUT2D eigenvalue weighted by atomic mass is 16.5. The van der Waals surface area contributed by atoms with Gasteiger partial charge in [0.1, 0.15) is 23.3 Å². The van der Waals surface area contributed by atoms with Crippen molar-refractivity contribution in [2.24, 2.45) is 0 Å². The fourth-order valence-electron chi connectivity index (χ4n) is 6.26. The monoisotopic (exact) mass is 656 g/mol. The number of unbranched alkanes of at least 4 members (excludes halogenated alkanes) is 3. The SMILES string of the molecule is CCCCOc1nc(N)c2cc(C#N)n(Cc3ccc(CN4CCN(C(=O)CCCCCN5C(=O)C=CC5=O)[C@@H](C)C4)cc3OC)c2n1. The summed E-state index contributed by atoms with van der Waals surface area (Å²) in [5, 5.41) is 10.5. The number of nitrogen functional groups attached to an aromatic ring is 1. The van der Waals surface area contributed by atoms with Crippen LogP contribution in [-0.2, 0) is 27.5 Å². The molecule has 48 heavy (non-hydrogen) atoms. The lowest BCUT2D eigenvalue weighted by molar-refractivity contribution is -0.138. The minimum Gasteiger partial charge on any atom is -0.496 e. The van der Waals surface area contributed by atoms with Crippen molar-refractivity contribution in [1.29, 1.82) is 5.26 Å². The second kappa shape index (κ2) is 15.8. The van der Waals surface area contributed by atoms with Gasteiger partial charge >= 0.3 is 6.01 Å². The van der Waals surface area contributed by atoms with Crippen LogP contribution in [0.5, 0.6) is 11.8 Å². The van der Waals surface area contributed by atoms with E-state index in [1.54, 1.807) is 13.2 Å². The molecule has 4 heterocycles. The van der Waals surface area contributed by atoms with E-state index in [1.165, 1.54) is 17.1 Å². The molecule has 2 N–H and O–H groups in total. The number of methoxy groups -OCH3 is 1. The second-order valence-electron chi connectivity index (χ2n) is 12.3. The molecule has 3 aromatic rings. The number of benzene rings is 1. The Labute approximate surface area is 280 Å². The number of amides is 3. The second-order valence-corrected chi connectivity index (χ2v) is 12.3. The average molecular weight is 657 g/mol. The number of anilines is 1. The summed E-state index contributed by atoms with van der Waals surface area (Å²) in [6.07, 6.45) is 7.10. The number of ether oxygens (including phenoxy) is 2. The summed E-state index contributed by atoms with van der Waals surface area (Å²) in [7, 11) is 1.64. The molecule has 13 heteroatoms. The summed E-state index contributed by atoms with van der Waals surface area (Å²) in [4.78, 5) is 50.8. The lowest BCUT2D eigenvalue weighted by atomic mass is 10.1. The van der Waals surface area contributed by atoms with Crippen LogP contribution in [0.1, 0.15) is 69.2 Å². The van der Waals surface area contributed by atoms with E-state index < -0.39 is 0 Å². The number of nitrogens with two attached hydrogens (primary N) is 1. The third-order valence-corrected chi connectivity index (χ3v) is 8.90. The normalized spacial score (nSPS) is 16.6. The minimum atomic E-state index is -0.263. The molecule has 1 aromatic carbocycles. The zero-order valence-corrected chi connectivity index (χ0v) is 28.0. The van der Waals surface area contributed by atoms with E-state index in [2.05, 4.69) is 40.9 Å². The number of fused-ring (bicyclic) bond motifs is 1. The van der Waals surface area contributed by atoms with E-state index in [9.17, 15) is 19.6 Å². The molecule has 0 bridgehead atoms. The van der Waals surface area contributed by atoms with Crippen LogP contribution >= 0.6 is 0 Å². The number of hydrogen-bond acceptors (Lipinski definition) is 10. The number of carbonyl (C=O) groups excluding carboxylic acids is 3. The zero-order chi connectivity index (χ0) is 34.2. The Balaban J connectivity index is 1.16. The van der Waals surface area contributed by atoms with Crippen LogP contribution in [0, 0.1) is 11.3 Å². The van der Waals surface area contributed by atoms with Crippen LogP contribution < -0.4 is 15.2 Å². The molecule has 0 radical (unpaired) electrons. The van der Waals surface area contributed by atoms with Gasteiger partial charge in [-0.1, -0.05) is 31.9 Å². The topological polar surface area (TPSA) is 160 Å². The molecule has 254 valence electrons. The van der Waals surface area contributed by atoms with Crippen molar-refractivity contribution < 1.29 is 23.9 Å². The van der Waals surface area contributed by atoms with Crippen LogP contribution in [-0.4, -0.2) is 92.9 Å². The van der Waals surface area contributed by atoms with E-state index in [1.807, 2.05) is 21.6 Å². The van der Waals surface area contributed by atoms with E-state index >= 15 is 0 Å². The minimum absolute atomic E-state index is 0.0787. The van der Waals surface area contributed by atoms with Gasteiger partial charge in [-0.05, 0) is 43.9 Å². The van der Waals surface area contributed by atoms with Gasteiger partial charge in [0.05, 0.1) is 25.6 Å². The Bertz CT molecular complexity index is 1710. The number of rotatable bonds is 15. The quantitative estimate of drug-likeness (QED) is 0.189. The highest BCUT2D eigenvalue weighted by Gasteiger charge is 2.28. The fraction of sp³-hybridized carbons (Fsp3) is 0.486. The van der Waals surface area contributed by atoms with E-state index in [0.29, 0.717) is 68.1 Å². The van der Waals surface area contributed by atoms with Gasteiger partial charge in [0.25, 0.3) is 11.8 Å². The maximum absolute atomic E-state index is 13.0. The summed E-state index contributed by atoms with van der Waals surface area (Å²) < 4.78 is 13.3. The van der Waals surface area contributed by atoms with Gasteiger partial charge in [-0.2, -0.15) is 15.2 Å². The summed E-state index contributed by atoms with van der Waals surface area (Å²) in [6.45, 7) is 8.27. The standard InChI is InChI=1S/C35H44N8O5/c1-4-5-17-48-35-38-33(37)28-19-27(20-36)43(34(28)39-35)23-26-11-10-25(18-29(26)47-3)22-40-15-16-41(24(2)21-40)30(44)9-7-6-8-14-42-31(45)12-13-32(42)46/h10-13,18-19,24H,4-9,14-17,21-23H2,1-3H3,(H2,37,38,39)/t24-/m0/s1. The Morgan fingerprint density at radius 1 is 1.06 bits per heavy atom. The number of hydrogen-bond donors (Lipinski definition) is 1. The molecule has 0 spiro atoms. The molecule has 0 unspecified atom stereocenters. The molecule has 13 nitrogen and oxygen atoms in total. The van der Waals surface area contributed by atoms with Crippen molar-refractivity contribution in [2.45, 2.75) is 71.5 Å². The molecule has 0 aliphatic carbocycles. The van der Waals surface area contributed by atoms with Crippen LogP contribution in [0.4, 0.5) is 5.82 Å². The average Bonchev–Trinajstić information content (AvgIpc) is 3.59. The van der Waals surface area contributed by atoms with Gasteiger partial charge < -0.3 is 24.7 Å². The molecular formula is C35H44N8O5. The van der Waals surface area contributed by atoms with Crippen molar-refractivity contribution in [2.75, 3.05) is 45.6 Å². The van der Waals surface area contributed by atoms with Gasteiger partial charge in [0, 0.05) is 62.9 Å². The van der Waals surface area contributed by atoms with Gasteiger partial charge in [0.2, 0.25) is 5.91 Å². The van der Waals surface area contributed by atoms with Gasteiger partial charge in [-0.15, -0.1) is 0 Å². The molecule has 0 saturated carbocycles. The van der Waals surface area contributed by atoms with Crippen LogP contribution in [0.3, 0.4) is 0 Å². The number of aromatic nitrogens is 3. The molecular weight excluding hydrogens is 612 g/mol. The Kier molecular flexibility index (Phi) is 11.3. The molecule has 2 aliphatic heterocycles. The zero-order valence-electron chi connectivity index (χ0n) is 28.0. The molecule has 1 saturated heterocycles. The highest BCUT2D eigenvalue weighted by Crippen LogP contribution is 2.29. The smallest absolute Gasteiger partial charge is 0.320 e. The van der Waals surface area contributed by atoms with E-state index in [4.69, 9.17) is 15.2 Å². The lowest BCUT2D eigenvalue weighted by Crippen LogP contribution is -2.53. The van der Waals surface area contributed by atoms with Gasteiger partial charge in [0.15, 0.2) is 5.65 Å². The molecule has 2 aliphatic rings. The van der Waals surface area contributed by atoms with Crippen LogP contribution in [0.15, 0.2) is 36.4 Å². The lowest BCUT2D eigenvalue weighted by Gasteiger charge is -2.40. The molecule has 1 atom stereocenters. The number of imide groups is 1. The van der Waals surface area contributed by atoms with Crippen molar-refractivity contribution >= 4 is 34.6 Å². The Hall–Kier alpha value is -4.96. The summed E-state index contributed by atoms with van der Waals surface area (Å²) in [5.41, 5.74) is 9.15. The maximum atomic E-state index is 13.0. The number of nitrogens with zero attached hydrogens (tertiary/aromatic N) is 7. The van der Waals surface area contributed by atoms with Gasteiger partial charge in [-0.3, -0.25) is 24.2 Å².